The first-order valence-corrected chi connectivity index (χ1v) is 8.08. The van der Waals surface area contributed by atoms with E-state index < -0.39 is 15.7 Å². The maximum Gasteiger partial charge on any atom is 0.280 e. The molecule has 1 saturated carbocycles. The maximum atomic E-state index is 11.9. The lowest BCUT2D eigenvalue weighted by Crippen LogP contribution is -2.24. The molecular weight excluding hydrogens is 278 g/mol. The molecule has 0 saturated heterocycles. The van der Waals surface area contributed by atoms with E-state index in [1.54, 1.807) is 13.0 Å². The molecule has 1 aromatic rings. The second-order valence-corrected chi connectivity index (χ2v) is 7.08. The zero-order valence-corrected chi connectivity index (χ0v) is 12.2. The third-order valence-electron chi connectivity index (χ3n) is 3.23. The van der Waals surface area contributed by atoms with Crippen LogP contribution in [0.4, 0.5) is 0 Å². The van der Waals surface area contributed by atoms with Gasteiger partial charge in [-0.2, -0.15) is 4.99 Å². The highest BCUT2D eigenvalue weighted by Crippen LogP contribution is 2.43. The lowest BCUT2D eigenvalue weighted by molar-refractivity contribution is 0.100. The Balaban J connectivity index is 2.61. The molecule has 0 heterocycles. The molecule has 1 fully saturated rings. The summed E-state index contributed by atoms with van der Waals surface area (Å²) in [7, 11) is -3.40. The highest BCUT2D eigenvalue weighted by molar-refractivity contribution is 7.90. The number of aliphatic imine (C=N–C) groups is 1. The molecular formula is C13H17N3O3S. The van der Waals surface area contributed by atoms with Crippen molar-refractivity contribution >= 4 is 21.7 Å². The fourth-order valence-corrected chi connectivity index (χ4v) is 3.14. The summed E-state index contributed by atoms with van der Waals surface area (Å²) >= 11 is 0. The molecule has 2 rings (SSSR count). The molecule has 1 aromatic carbocycles. The molecule has 0 aromatic heterocycles. The van der Waals surface area contributed by atoms with Crippen LogP contribution in [0.25, 0.3) is 0 Å². The predicted octanol–water partition coefficient (Wildman–Crippen LogP) is 0.690. The van der Waals surface area contributed by atoms with E-state index in [0.29, 0.717) is 5.56 Å². The number of carbonyl (C=O) groups is 1. The van der Waals surface area contributed by atoms with Gasteiger partial charge in [-0.25, -0.2) is 8.42 Å². The monoisotopic (exact) mass is 295 g/mol. The predicted molar refractivity (Wildman–Crippen MR) is 76.4 cm³/mol. The number of guanidine groups is 1. The van der Waals surface area contributed by atoms with Crippen molar-refractivity contribution in [3.8, 4) is 0 Å². The first kappa shape index (κ1) is 14.5. The number of benzene rings is 1. The molecule has 0 atom stereocenters. The zero-order chi connectivity index (χ0) is 15.1. The van der Waals surface area contributed by atoms with Crippen molar-refractivity contribution in [1.82, 2.24) is 0 Å². The summed E-state index contributed by atoms with van der Waals surface area (Å²) in [5, 5.41) is 0. The number of aryl methyl sites for hydroxylation is 1. The molecule has 0 spiro atoms. The highest BCUT2D eigenvalue weighted by Gasteiger charge is 2.30. The molecule has 7 heteroatoms. The van der Waals surface area contributed by atoms with E-state index in [-0.39, 0.29) is 22.3 Å². The van der Waals surface area contributed by atoms with Gasteiger partial charge < -0.3 is 11.5 Å². The molecule has 0 bridgehead atoms. The zero-order valence-electron chi connectivity index (χ0n) is 11.4. The minimum Gasteiger partial charge on any atom is -0.370 e. The van der Waals surface area contributed by atoms with E-state index in [4.69, 9.17) is 11.5 Å². The number of amides is 1. The van der Waals surface area contributed by atoms with Gasteiger partial charge >= 0.3 is 0 Å². The van der Waals surface area contributed by atoms with Gasteiger partial charge in [0.1, 0.15) is 0 Å². The summed E-state index contributed by atoms with van der Waals surface area (Å²) < 4.78 is 23.8. The van der Waals surface area contributed by atoms with Gasteiger partial charge in [0.15, 0.2) is 15.8 Å². The lowest BCUT2D eigenvalue weighted by Gasteiger charge is -2.11. The van der Waals surface area contributed by atoms with Gasteiger partial charge in [-0.05, 0) is 42.9 Å². The minimum absolute atomic E-state index is 0.194. The Morgan fingerprint density at radius 2 is 1.90 bits per heavy atom. The number of carbonyl (C=O) groups excluding carboxylic acids is 1. The molecule has 1 amide bonds. The van der Waals surface area contributed by atoms with Crippen LogP contribution < -0.4 is 11.5 Å². The number of hydrogen-bond donors (Lipinski definition) is 2. The smallest absolute Gasteiger partial charge is 0.280 e. The van der Waals surface area contributed by atoms with E-state index in [1.807, 2.05) is 0 Å². The lowest BCUT2D eigenvalue weighted by atomic mass is 10.0. The summed E-state index contributed by atoms with van der Waals surface area (Å²) in [5.41, 5.74) is 12.0. The van der Waals surface area contributed by atoms with Crippen LogP contribution in [0, 0.1) is 6.92 Å². The van der Waals surface area contributed by atoms with E-state index in [9.17, 15) is 13.2 Å². The van der Waals surface area contributed by atoms with Gasteiger partial charge in [0, 0.05) is 11.8 Å². The summed E-state index contributed by atoms with van der Waals surface area (Å²) in [5.74, 6) is -0.707. The van der Waals surface area contributed by atoms with Crippen molar-refractivity contribution in [2.45, 2.75) is 30.6 Å². The molecule has 1 aliphatic carbocycles. The van der Waals surface area contributed by atoms with Crippen LogP contribution in [0.3, 0.4) is 0 Å². The first-order chi connectivity index (χ1) is 9.20. The number of sulfone groups is 1. The Morgan fingerprint density at radius 1 is 1.30 bits per heavy atom. The van der Waals surface area contributed by atoms with Crippen LogP contribution in [0.2, 0.25) is 0 Å². The number of hydrogen-bond acceptors (Lipinski definition) is 3. The average Bonchev–Trinajstić information content (AvgIpc) is 3.09. The molecule has 108 valence electrons. The molecule has 1 aliphatic rings. The Bertz CT molecular complexity index is 700. The van der Waals surface area contributed by atoms with Gasteiger partial charge in [-0.1, -0.05) is 6.07 Å². The Labute approximate surface area is 117 Å². The number of rotatable bonds is 3. The van der Waals surface area contributed by atoms with Gasteiger partial charge in [0.05, 0.1) is 4.90 Å². The molecule has 4 N–H and O–H groups in total. The number of nitrogens with two attached hydrogens (primary N) is 2. The summed E-state index contributed by atoms with van der Waals surface area (Å²) in [6, 6.07) is 3.14. The topological polar surface area (TPSA) is 116 Å². The van der Waals surface area contributed by atoms with Crippen LogP contribution >= 0.6 is 0 Å². The van der Waals surface area contributed by atoms with Crippen LogP contribution in [0.15, 0.2) is 22.0 Å². The van der Waals surface area contributed by atoms with Crippen molar-refractivity contribution in [3.05, 3.63) is 28.8 Å². The Hall–Kier alpha value is -1.89. The maximum absolute atomic E-state index is 11.9. The standard InChI is InChI=1S/C13H17N3O3S/c1-7-5-10(8-3-4-8)11(20(2,18)19)6-9(7)12(17)16-13(14)15/h5-6,8H,3-4H2,1-2H3,(H4,14,15,16,17). The van der Waals surface area contributed by atoms with E-state index in [0.717, 1.165) is 24.7 Å². The van der Waals surface area contributed by atoms with Gasteiger partial charge in [0.25, 0.3) is 5.91 Å². The van der Waals surface area contributed by atoms with Crippen LogP contribution in [0.5, 0.6) is 0 Å². The molecule has 0 aliphatic heterocycles. The highest BCUT2D eigenvalue weighted by atomic mass is 32.2. The molecule has 6 nitrogen and oxygen atoms in total. The van der Waals surface area contributed by atoms with Crippen molar-refractivity contribution in [1.29, 1.82) is 0 Å². The van der Waals surface area contributed by atoms with Crippen molar-refractivity contribution in [2.75, 3.05) is 6.26 Å². The summed E-state index contributed by atoms with van der Waals surface area (Å²) in [4.78, 5) is 15.6. The fraction of sp³-hybridized carbons (Fsp3) is 0.385. The van der Waals surface area contributed by atoms with Crippen LogP contribution in [0.1, 0.15) is 40.2 Å². The fourth-order valence-electron chi connectivity index (χ4n) is 2.15. The Morgan fingerprint density at radius 3 is 2.35 bits per heavy atom. The molecule has 20 heavy (non-hydrogen) atoms. The summed E-state index contributed by atoms with van der Waals surface area (Å²) in [6.45, 7) is 1.74. The van der Waals surface area contributed by atoms with Gasteiger partial charge in [0.2, 0.25) is 0 Å². The van der Waals surface area contributed by atoms with Crippen molar-refractivity contribution in [2.24, 2.45) is 16.5 Å². The largest absolute Gasteiger partial charge is 0.370 e. The van der Waals surface area contributed by atoms with E-state index >= 15 is 0 Å². The second kappa shape index (κ2) is 4.90. The Kier molecular flexibility index (Phi) is 3.56. The van der Waals surface area contributed by atoms with Gasteiger partial charge in [-0.15, -0.1) is 0 Å². The SMILES string of the molecule is Cc1cc(C2CC2)c(S(C)(=O)=O)cc1C(=O)N=C(N)N. The second-order valence-electron chi connectivity index (χ2n) is 5.09. The normalized spacial score (nSPS) is 14.9. The molecule has 0 unspecified atom stereocenters. The van der Waals surface area contributed by atoms with E-state index in [2.05, 4.69) is 4.99 Å². The summed E-state index contributed by atoms with van der Waals surface area (Å²) in [6.07, 6.45) is 3.09. The minimum atomic E-state index is -3.40. The number of nitrogens with zero attached hydrogens (tertiary/aromatic N) is 1. The third-order valence-corrected chi connectivity index (χ3v) is 4.39. The third kappa shape index (κ3) is 2.98. The van der Waals surface area contributed by atoms with Crippen molar-refractivity contribution in [3.63, 3.8) is 0 Å². The van der Waals surface area contributed by atoms with Gasteiger partial charge in [-0.3, -0.25) is 4.79 Å². The first-order valence-electron chi connectivity index (χ1n) is 6.18. The van der Waals surface area contributed by atoms with E-state index in [1.165, 1.54) is 6.07 Å². The van der Waals surface area contributed by atoms with Crippen LogP contribution in [-0.2, 0) is 9.84 Å². The van der Waals surface area contributed by atoms with Crippen LogP contribution in [-0.4, -0.2) is 26.5 Å². The average molecular weight is 295 g/mol. The van der Waals surface area contributed by atoms with Crippen molar-refractivity contribution < 1.29 is 13.2 Å². The molecule has 0 radical (unpaired) electrons. The quantitative estimate of drug-likeness (QED) is 0.628.